The Bertz CT molecular complexity index is 566. The van der Waals surface area contributed by atoms with Crippen molar-refractivity contribution in [3.63, 3.8) is 0 Å². The van der Waals surface area contributed by atoms with E-state index in [0.29, 0.717) is 25.0 Å². The number of urea groups is 1. The average Bonchev–Trinajstić information content (AvgIpc) is 2.61. The van der Waals surface area contributed by atoms with Crippen molar-refractivity contribution in [2.75, 3.05) is 20.6 Å². The van der Waals surface area contributed by atoms with Crippen LogP contribution in [0.3, 0.4) is 0 Å². The predicted octanol–water partition coefficient (Wildman–Crippen LogP) is 2.69. The molecule has 1 aliphatic carbocycles. The molecule has 1 fully saturated rings. The first-order chi connectivity index (χ1) is 12.0. The second-order valence-electron chi connectivity index (χ2n) is 6.99. The van der Waals surface area contributed by atoms with Crippen LogP contribution in [0.1, 0.15) is 48.0 Å². The lowest BCUT2D eigenvalue weighted by Gasteiger charge is -2.34. The summed E-state index contributed by atoms with van der Waals surface area (Å²) in [6, 6.07) is 6.69. The molecule has 0 aliphatic heterocycles. The highest BCUT2D eigenvalue weighted by molar-refractivity contribution is 5.87. The molecule has 0 aromatic heterocycles. The third-order valence-electron chi connectivity index (χ3n) is 4.98. The molecule has 0 heterocycles. The van der Waals surface area contributed by atoms with Gasteiger partial charge in [-0.15, -0.1) is 0 Å². The second kappa shape index (κ2) is 9.42. The largest absolute Gasteiger partial charge is 0.478 e. The fourth-order valence-electron chi connectivity index (χ4n) is 3.50. The molecule has 2 rings (SSSR count). The molecule has 0 spiro atoms. The minimum atomic E-state index is -0.949. The minimum Gasteiger partial charge on any atom is -0.478 e. The molecule has 0 radical (unpaired) electrons. The van der Waals surface area contributed by atoms with Crippen molar-refractivity contribution >= 4 is 12.0 Å². The van der Waals surface area contributed by atoms with E-state index in [-0.39, 0.29) is 11.6 Å². The van der Waals surface area contributed by atoms with Gasteiger partial charge in [-0.25, -0.2) is 9.59 Å². The standard InChI is InChI=1S/C19H29N3O3/c1-22(2)17(15-6-4-3-5-7-15)13-21-19(25)20-12-14-8-10-16(11-9-14)18(23)24/h8-11,15,17H,3-7,12-13H2,1-2H3,(H,23,24)(H2,20,21,25). The van der Waals surface area contributed by atoms with Crippen LogP contribution in [-0.4, -0.2) is 48.7 Å². The lowest BCUT2D eigenvalue weighted by molar-refractivity contribution is 0.0697. The molecule has 0 saturated heterocycles. The van der Waals surface area contributed by atoms with Gasteiger partial charge < -0.3 is 20.6 Å². The number of benzene rings is 1. The Morgan fingerprint density at radius 1 is 1.12 bits per heavy atom. The lowest BCUT2D eigenvalue weighted by Crippen LogP contribution is -2.47. The van der Waals surface area contributed by atoms with Crippen molar-refractivity contribution in [1.82, 2.24) is 15.5 Å². The van der Waals surface area contributed by atoms with Crippen LogP contribution in [0, 0.1) is 5.92 Å². The van der Waals surface area contributed by atoms with E-state index in [0.717, 1.165) is 5.56 Å². The molecule has 1 aliphatic rings. The summed E-state index contributed by atoms with van der Waals surface area (Å²) in [5.74, 6) is -0.303. The molecule has 1 saturated carbocycles. The van der Waals surface area contributed by atoms with Gasteiger partial charge in [-0.2, -0.15) is 0 Å². The number of rotatable bonds is 7. The summed E-state index contributed by atoms with van der Waals surface area (Å²) in [7, 11) is 4.14. The van der Waals surface area contributed by atoms with Gasteiger partial charge >= 0.3 is 12.0 Å². The van der Waals surface area contributed by atoms with Gasteiger partial charge in [0.1, 0.15) is 0 Å². The number of carbonyl (C=O) groups excluding carboxylic acids is 1. The Morgan fingerprint density at radius 3 is 2.32 bits per heavy atom. The van der Waals surface area contributed by atoms with Crippen molar-refractivity contribution in [3.05, 3.63) is 35.4 Å². The second-order valence-corrected chi connectivity index (χ2v) is 6.99. The zero-order chi connectivity index (χ0) is 18.2. The molecule has 1 unspecified atom stereocenters. The highest BCUT2D eigenvalue weighted by atomic mass is 16.4. The summed E-state index contributed by atoms with van der Waals surface area (Å²) >= 11 is 0. The molecule has 0 bridgehead atoms. The van der Waals surface area contributed by atoms with Gasteiger partial charge in [0.05, 0.1) is 5.56 Å². The quantitative estimate of drug-likeness (QED) is 0.708. The average molecular weight is 347 g/mol. The van der Waals surface area contributed by atoms with E-state index in [1.54, 1.807) is 24.3 Å². The number of nitrogens with one attached hydrogen (secondary N) is 2. The van der Waals surface area contributed by atoms with Crippen LogP contribution in [0.4, 0.5) is 4.79 Å². The summed E-state index contributed by atoms with van der Waals surface area (Å²) in [4.78, 5) is 25.1. The number of carbonyl (C=O) groups is 2. The van der Waals surface area contributed by atoms with Gasteiger partial charge in [-0.1, -0.05) is 31.4 Å². The van der Waals surface area contributed by atoms with Gasteiger partial charge in [0, 0.05) is 19.1 Å². The minimum absolute atomic E-state index is 0.190. The maximum absolute atomic E-state index is 12.1. The molecule has 3 N–H and O–H groups in total. The predicted molar refractivity (Wildman–Crippen MR) is 97.7 cm³/mol. The SMILES string of the molecule is CN(C)C(CNC(=O)NCc1ccc(C(=O)O)cc1)C1CCCCC1. The van der Waals surface area contributed by atoms with E-state index >= 15 is 0 Å². The van der Waals surface area contributed by atoms with E-state index in [2.05, 4.69) is 29.6 Å². The van der Waals surface area contributed by atoms with Crippen LogP contribution >= 0.6 is 0 Å². The maximum atomic E-state index is 12.1. The van der Waals surface area contributed by atoms with E-state index in [1.807, 2.05) is 0 Å². The van der Waals surface area contributed by atoms with E-state index in [9.17, 15) is 9.59 Å². The van der Waals surface area contributed by atoms with Gasteiger partial charge in [-0.3, -0.25) is 0 Å². The Kier molecular flexibility index (Phi) is 7.25. The topological polar surface area (TPSA) is 81.7 Å². The Hall–Kier alpha value is -2.08. The summed E-state index contributed by atoms with van der Waals surface area (Å²) in [5.41, 5.74) is 1.12. The van der Waals surface area contributed by atoms with Crippen LogP contribution in [0.15, 0.2) is 24.3 Å². The van der Waals surface area contributed by atoms with Gasteiger partial charge in [-0.05, 0) is 50.6 Å². The fraction of sp³-hybridized carbons (Fsp3) is 0.579. The summed E-state index contributed by atoms with van der Waals surface area (Å²) in [6.45, 7) is 1.02. The first kappa shape index (κ1) is 19.2. The van der Waals surface area contributed by atoms with E-state index < -0.39 is 5.97 Å². The number of aromatic carboxylic acids is 1. The first-order valence-corrected chi connectivity index (χ1v) is 8.97. The zero-order valence-electron chi connectivity index (χ0n) is 15.1. The molecular formula is C19H29N3O3. The molecule has 25 heavy (non-hydrogen) atoms. The van der Waals surface area contributed by atoms with Crippen LogP contribution in [0.5, 0.6) is 0 Å². The third-order valence-corrected chi connectivity index (χ3v) is 4.98. The van der Waals surface area contributed by atoms with Crippen molar-refractivity contribution < 1.29 is 14.7 Å². The van der Waals surface area contributed by atoms with E-state index in [4.69, 9.17) is 5.11 Å². The summed E-state index contributed by atoms with van der Waals surface area (Å²) in [6.07, 6.45) is 6.37. The normalized spacial score (nSPS) is 16.4. The molecule has 1 atom stereocenters. The molecule has 2 amide bonds. The molecule has 6 nitrogen and oxygen atoms in total. The monoisotopic (exact) mass is 347 g/mol. The zero-order valence-corrected chi connectivity index (χ0v) is 15.1. The number of carboxylic acids is 1. The van der Waals surface area contributed by atoms with Crippen molar-refractivity contribution in [2.45, 2.75) is 44.7 Å². The van der Waals surface area contributed by atoms with E-state index in [1.165, 1.54) is 32.1 Å². The maximum Gasteiger partial charge on any atom is 0.335 e. The number of hydrogen-bond acceptors (Lipinski definition) is 3. The van der Waals surface area contributed by atoms with Crippen molar-refractivity contribution in [2.24, 2.45) is 5.92 Å². The van der Waals surface area contributed by atoms with Crippen molar-refractivity contribution in [1.29, 1.82) is 0 Å². The Labute approximate surface area is 149 Å². The number of nitrogens with zero attached hydrogens (tertiary/aromatic N) is 1. The molecule has 138 valence electrons. The smallest absolute Gasteiger partial charge is 0.335 e. The molecular weight excluding hydrogens is 318 g/mol. The number of likely N-dealkylation sites (N-methyl/N-ethyl adjacent to an activating group) is 1. The molecule has 6 heteroatoms. The highest BCUT2D eigenvalue weighted by Gasteiger charge is 2.25. The summed E-state index contributed by atoms with van der Waals surface area (Å²) in [5, 5.41) is 14.7. The van der Waals surface area contributed by atoms with Crippen LogP contribution < -0.4 is 10.6 Å². The highest BCUT2D eigenvalue weighted by Crippen LogP contribution is 2.28. The van der Waals surface area contributed by atoms with Gasteiger partial charge in [0.2, 0.25) is 0 Å². The Morgan fingerprint density at radius 2 is 1.76 bits per heavy atom. The van der Waals surface area contributed by atoms with Gasteiger partial charge in [0.25, 0.3) is 0 Å². The number of carboxylic acid groups (broad SMARTS) is 1. The fourth-order valence-corrected chi connectivity index (χ4v) is 3.50. The first-order valence-electron chi connectivity index (χ1n) is 8.97. The van der Waals surface area contributed by atoms with Crippen LogP contribution in [0.25, 0.3) is 0 Å². The van der Waals surface area contributed by atoms with Gasteiger partial charge in [0.15, 0.2) is 0 Å². The third kappa shape index (κ3) is 6.05. The lowest BCUT2D eigenvalue weighted by atomic mass is 9.83. The van der Waals surface area contributed by atoms with Crippen molar-refractivity contribution in [3.8, 4) is 0 Å². The Balaban J connectivity index is 1.77. The molecule has 1 aromatic rings. The number of hydrogen-bond donors (Lipinski definition) is 3. The van der Waals surface area contributed by atoms with Crippen LogP contribution in [-0.2, 0) is 6.54 Å². The number of amides is 2. The summed E-state index contributed by atoms with van der Waals surface area (Å²) < 4.78 is 0. The van der Waals surface area contributed by atoms with Crippen LogP contribution in [0.2, 0.25) is 0 Å². The molecule has 1 aromatic carbocycles.